The number of ketones is 1. The number of likely N-dealkylation sites (tertiary alicyclic amines) is 1. The minimum atomic E-state index is -0.637. The highest BCUT2D eigenvalue weighted by atomic mass is 16.6. The highest BCUT2D eigenvalue weighted by Crippen LogP contribution is 2.34. The van der Waals surface area contributed by atoms with Gasteiger partial charge in [0.1, 0.15) is 11.1 Å². The smallest absolute Gasteiger partial charge is 0.411 e. The molecule has 0 radical (unpaired) electrons. The van der Waals surface area contributed by atoms with Crippen LogP contribution in [0.1, 0.15) is 53.9 Å². The molecular weight excluding hydrogens is 218 g/mol. The van der Waals surface area contributed by atoms with Crippen molar-refractivity contribution in [3.63, 3.8) is 0 Å². The van der Waals surface area contributed by atoms with Crippen LogP contribution in [0.2, 0.25) is 0 Å². The first-order chi connectivity index (χ1) is 7.73. The maximum Gasteiger partial charge on any atom is 0.411 e. The van der Waals surface area contributed by atoms with Crippen molar-refractivity contribution in [3.05, 3.63) is 0 Å². The van der Waals surface area contributed by atoms with Crippen LogP contribution in [-0.2, 0) is 9.53 Å². The standard InChI is InChI=1S/C13H23NO3/c1-6-13(10(2)15)8-7-9-14(13)11(16)17-12(3,4)5/h6-9H2,1-5H3. The van der Waals surface area contributed by atoms with Crippen molar-refractivity contribution in [3.8, 4) is 0 Å². The molecule has 98 valence electrons. The van der Waals surface area contributed by atoms with Crippen LogP contribution in [0, 0.1) is 0 Å². The summed E-state index contributed by atoms with van der Waals surface area (Å²) in [4.78, 5) is 25.5. The van der Waals surface area contributed by atoms with Gasteiger partial charge >= 0.3 is 6.09 Å². The first-order valence-electron chi connectivity index (χ1n) is 6.24. The summed E-state index contributed by atoms with van der Waals surface area (Å²) < 4.78 is 5.36. The van der Waals surface area contributed by atoms with Crippen LogP contribution in [0.5, 0.6) is 0 Å². The van der Waals surface area contributed by atoms with Crippen molar-refractivity contribution >= 4 is 11.9 Å². The molecule has 0 aromatic rings. The molecule has 0 spiro atoms. The lowest BCUT2D eigenvalue weighted by molar-refractivity contribution is -0.127. The molecule has 0 saturated carbocycles. The predicted molar refractivity (Wildman–Crippen MR) is 65.9 cm³/mol. The van der Waals surface area contributed by atoms with E-state index in [2.05, 4.69) is 0 Å². The van der Waals surface area contributed by atoms with Gasteiger partial charge in [-0.1, -0.05) is 6.92 Å². The van der Waals surface area contributed by atoms with Crippen LogP contribution in [0.3, 0.4) is 0 Å². The molecule has 1 saturated heterocycles. The van der Waals surface area contributed by atoms with E-state index in [0.717, 1.165) is 12.8 Å². The molecule has 0 aromatic carbocycles. The lowest BCUT2D eigenvalue weighted by Crippen LogP contribution is -2.53. The summed E-state index contributed by atoms with van der Waals surface area (Å²) in [6, 6.07) is 0. The van der Waals surface area contributed by atoms with Crippen molar-refractivity contribution in [1.29, 1.82) is 0 Å². The van der Waals surface area contributed by atoms with Crippen LogP contribution < -0.4 is 0 Å². The largest absolute Gasteiger partial charge is 0.444 e. The quantitative estimate of drug-likeness (QED) is 0.746. The number of amides is 1. The molecule has 1 heterocycles. The van der Waals surface area contributed by atoms with Crippen molar-refractivity contribution in [2.45, 2.75) is 65.0 Å². The third-order valence-corrected chi connectivity index (χ3v) is 3.34. The van der Waals surface area contributed by atoms with E-state index < -0.39 is 11.1 Å². The van der Waals surface area contributed by atoms with Gasteiger partial charge in [-0.15, -0.1) is 0 Å². The molecule has 4 nitrogen and oxygen atoms in total. The molecule has 0 aliphatic carbocycles. The number of rotatable bonds is 2. The first-order valence-corrected chi connectivity index (χ1v) is 6.24. The molecular formula is C13H23NO3. The molecule has 1 amide bonds. The fourth-order valence-electron chi connectivity index (χ4n) is 2.44. The zero-order valence-corrected chi connectivity index (χ0v) is 11.5. The monoisotopic (exact) mass is 241 g/mol. The molecule has 1 unspecified atom stereocenters. The zero-order valence-electron chi connectivity index (χ0n) is 11.5. The summed E-state index contributed by atoms with van der Waals surface area (Å²) in [7, 11) is 0. The minimum absolute atomic E-state index is 0.0587. The van der Waals surface area contributed by atoms with Crippen LogP contribution >= 0.6 is 0 Å². The van der Waals surface area contributed by atoms with Crippen LogP contribution in [-0.4, -0.2) is 34.5 Å². The topological polar surface area (TPSA) is 46.6 Å². The second-order valence-electron chi connectivity index (χ2n) is 5.68. The Hall–Kier alpha value is -1.06. The molecule has 1 fully saturated rings. The molecule has 0 aromatic heterocycles. The summed E-state index contributed by atoms with van der Waals surface area (Å²) in [5.74, 6) is 0.0587. The van der Waals surface area contributed by atoms with Crippen molar-refractivity contribution < 1.29 is 14.3 Å². The second kappa shape index (κ2) is 4.67. The average molecular weight is 241 g/mol. The highest BCUT2D eigenvalue weighted by molar-refractivity contribution is 5.90. The normalized spacial score (nSPS) is 24.9. The van der Waals surface area contributed by atoms with Crippen LogP contribution in [0.4, 0.5) is 4.79 Å². The molecule has 1 atom stereocenters. The fraction of sp³-hybridized carbons (Fsp3) is 0.846. The fourth-order valence-corrected chi connectivity index (χ4v) is 2.44. The minimum Gasteiger partial charge on any atom is -0.444 e. The number of carbonyl (C=O) groups excluding carboxylic acids is 2. The maximum absolute atomic E-state index is 12.1. The molecule has 0 bridgehead atoms. The maximum atomic E-state index is 12.1. The Morgan fingerprint density at radius 3 is 2.35 bits per heavy atom. The van der Waals surface area contributed by atoms with Gasteiger partial charge in [0.25, 0.3) is 0 Å². The number of nitrogens with zero attached hydrogens (tertiary/aromatic N) is 1. The van der Waals surface area contributed by atoms with Gasteiger partial charge in [-0.25, -0.2) is 4.79 Å². The molecule has 1 aliphatic rings. The van der Waals surface area contributed by atoms with Crippen molar-refractivity contribution in [2.24, 2.45) is 0 Å². The summed E-state index contributed by atoms with van der Waals surface area (Å²) in [5, 5.41) is 0. The molecule has 1 rings (SSSR count). The van der Waals surface area contributed by atoms with Gasteiger partial charge < -0.3 is 4.74 Å². The Balaban J connectivity index is 2.89. The Kier molecular flexibility index (Phi) is 3.84. The summed E-state index contributed by atoms with van der Waals surface area (Å²) in [5.41, 5.74) is -1.15. The first kappa shape index (κ1) is 14.0. The predicted octanol–water partition coefficient (Wildman–Crippen LogP) is 2.76. The molecule has 0 N–H and O–H groups in total. The zero-order chi connectivity index (χ0) is 13.3. The van der Waals surface area contributed by atoms with Gasteiger partial charge in [0.15, 0.2) is 5.78 Å². The van der Waals surface area contributed by atoms with Gasteiger partial charge in [-0.3, -0.25) is 9.69 Å². The van der Waals surface area contributed by atoms with Gasteiger partial charge in [0.05, 0.1) is 0 Å². The number of carbonyl (C=O) groups is 2. The van der Waals surface area contributed by atoms with Gasteiger partial charge in [-0.05, 0) is 47.0 Å². The molecule has 1 aliphatic heterocycles. The third kappa shape index (κ3) is 2.79. The average Bonchev–Trinajstić information content (AvgIpc) is 2.59. The van der Waals surface area contributed by atoms with E-state index in [1.165, 1.54) is 0 Å². The van der Waals surface area contributed by atoms with E-state index in [4.69, 9.17) is 4.74 Å². The van der Waals surface area contributed by atoms with E-state index in [9.17, 15) is 9.59 Å². The molecule has 4 heteroatoms. The second-order valence-corrected chi connectivity index (χ2v) is 5.68. The highest BCUT2D eigenvalue weighted by Gasteiger charge is 2.47. The van der Waals surface area contributed by atoms with Crippen LogP contribution in [0.15, 0.2) is 0 Å². The van der Waals surface area contributed by atoms with E-state index in [1.54, 1.807) is 11.8 Å². The molecule has 17 heavy (non-hydrogen) atoms. The van der Waals surface area contributed by atoms with E-state index in [1.807, 2.05) is 27.7 Å². The van der Waals surface area contributed by atoms with Gasteiger partial charge in [0.2, 0.25) is 0 Å². The van der Waals surface area contributed by atoms with E-state index in [-0.39, 0.29) is 11.9 Å². The Bertz CT molecular complexity index is 319. The Labute approximate surface area is 103 Å². The number of Topliss-reactive ketones (excluding diaryl/α,β-unsaturated/α-hetero) is 1. The van der Waals surface area contributed by atoms with E-state index in [0.29, 0.717) is 13.0 Å². The van der Waals surface area contributed by atoms with E-state index >= 15 is 0 Å². The number of ether oxygens (including phenoxy) is 1. The Morgan fingerprint density at radius 1 is 1.35 bits per heavy atom. The number of hydrogen-bond donors (Lipinski definition) is 0. The van der Waals surface area contributed by atoms with Crippen molar-refractivity contribution in [1.82, 2.24) is 4.90 Å². The third-order valence-electron chi connectivity index (χ3n) is 3.34. The SMILES string of the molecule is CCC1(C(C)=O)CCCN1C(=O)OC(C)(C)C. The number of hydrogen-bond acceptors (Lipinski definition) is 3. The lowest BCUT2D eigenvalue weighted by Gasteiger charge is -2.36. The Morgan fingerprint density at radius 2 is 1.94 bits per heavy atom. The lowest BCUT2D eigenvalue weighted by atomic mass is 9.89. The van der Waals surface area contributed by atoms with Crippen LogP contribution in [0.25, 0.3) is 0 Å². The van der Waals surface area contributed by atoms with Gasteiger partial charge in [0, 0.05) is 6.54 Å². The summed E-state index contributed by atoms with van der Waals surface area (Å²) in [6.07, 6.45) is 1.90. The van der Waals surface area contributed by atoms with Crippen molar-refractivity contribution in [2.75, 3.05) is 6.54 Å². The van der Waals surface area contributed by atoms with Gasteiger partial charge in [-0.2, -0.15) is 0 Å². The summed E-state index contributed by atoms with van der Waals surface area (Å²) in [6.45, 7) is 9.63. The summed E-state index contributed by atoms with van der Waals surface area (Å²) >= 11 is 0.